The third kappa shape index (κ3) is 4.30. The fraction of sp³-hybridized carbons (Fsp3) is 0.190. The number of phenols is 1. The number of nitrogens with zero attached hydrogens (tertiary/aromatic N) is 4. The molecule has 152 valence electrons. The first kappa shape index (κ1) is 20.0. The highest BCUT2D eigenvalue weighted by molar-refractivity contribution is 9.10. The van der Waals surface area contributed by atoms with Crippen LogP contribution in [0.5, 0.6) is 5.75 Å². The topological polar surface area (TPSA) is 114 Å². The molecule has 1 aromatic heterocycles. The Balaban J connectivity index is 1.66. The zero-order chi connectivity index (χ0) is 21.1. The molecule has 0 spiro atoms. The van der Waals surface area contributed by atoms with Crippen molar-refractivity contribution in [3.63, 3.8) is 0 Å². The number of fused-ring (bicyclic) bond motifs is 1. The van der Waals surface area contributed by atoms with E-state index < -0.39 is 4.92 Å². The van der Waals surface area contributed by atoms with Crippen LogP contribution < -0.4 is 5.43 Å². The molecule has 0 aliphatic heterocycles. The molecule has 0 unspecified atom stereocenters. The summed E-state index contributed by atoms with van der Waals surface area (Å²) in [6, 6.07) is 11.6. The van der Waals surface area contributed by atoms with Gasteiger partial charge in [-0.3, -0.25) is 15.5 Å². The van der Waals surface area contributed by atoms with Gasteiger partial charge in [0.05, 0.1) is 11.1 Å². The van der Waals surface area contributed by atoms with Crippen LogP contribution in [-0.2, 0) is 12.8 Å². The number of hydrogen-bond acceptors (Lipinski definition) is 7. The molecule has 0 saturated carbocycles. The van der Waals surface area contributed by atoms with Crippen molar-refractivity contribution in [3.8, 4) is 17.1 Å². The number of hydrogen-bond donors (Lipinski definition) is 2. The van der Waals surface area contributed by atoms with Crippen LogP contribution in [0.15, 0.2) is 52.0 Å². The number of hydrazone groups is 1. The third-order valence-electron chi connectivity index (χ3n) is 4.88. The quantitative estimate of drug-likeness (QED) is 0.315. The molecule has 9 heteroatoms. The maximum atomic E-state index is 11.0. The minimum atomic E-state index is -0.518. The van der Waals surface area contributed by atoms with Gasteiger partial charge in [-0.05, 0) is 43.9 Å². The molecule has 30 heavy (non-hydrogen) atoms. The van der Waals surface area contributed by atoms with E-state index in [0.29, 0.717) is 11.6 Å². The van der Waals surface area contributed by atoms with Gasteiger partial charge in [0.25, 0.3) is 5.69 Å². The van der Waals surface area contributed by atoms with Gasteiger partial charge < -0.3 is 5.11 Å². The van der Waals surface area contributed by atoms with Crippen molar-refractivity contribution in [2.75, 3.05) is 5.43 Å². The standard InChI is InChI=1S/C21H18BrN5O3/c22-15-7-5-13(6-8-15)20-24-18-4-2-1-3-17(18)21(25-20)26-23-12-14-11-16(27(29)30)9-10-19(14)28/h5-12,28H,1-4H2,(H,24,25,26)/b23-12-. The summed E-state index contributed by atoms with van der Waals surface area (Å²) in [6.45, 7) is 0. The number of phenolic OH excluding ortho intramolecular Hbond substituents is 1. The lowest BCUT2D eigenvalue weighted by Gasteiger charge is -2.18. The number of aromatic nitrogens is 2. The summed E-state index contributed by atoms with van der Waals surface area (Å²) in [5.74, 6) is 1.13. The molecule has 0 fully saturated rings. The second-order valence-electron chi connectivity index (χ2n) is 6.91. The normalized spacial score (nSPS) is 13.2. The summed E-state index contributed by atoms with van der Waals surface area (Å²) < 4.78 is 0.976. The molecular weight excluding hydrogens is 450 g/mol. The summed E-state index contributed by atoms with van der Waals surface area (Å²) >= 11 is 3.43. The maximum absolute atomic E-state index is 11.0. The highest BCUT2D eigenvalue weighted by atomic mass is 79.9. The molecule has 2 aromatic carbocycles. The molecule has 0 atom stereocenters. The van der Waals surface area contributed by atoms with Crippen LogP contribution in [0.2, 0.25) is 0 Å². The van der Waals surface area contributed by atoms with Gasteiger partial charge in [-0.1, -0.05) is 28.1 Å². The van der Waals surface area contributed by atoms with E-state index in [1.807, 2.05) is 24.3 Å². The molecule has 0 amide bonds. The number of aryl methyl sites for hydroxylation is 1. The highest BCUT2D eigenvalue weighted by Crippen LogP contribution is 2.29. The summed E-state index contributed by atoms with van der Waals surface area (Å²) in [6.07, 6.45) is 5.21. The Morgan fingerprint density at radius 2 is 1.90 bits per heavy atom. The highest BCUT2D eigenvalue weighted by Gasteiger charge is 2.18. The van der Waals surface area contributed by atoms with E-state index in [2.05, 4.69) is 31.4 Å². The van der Waals surface area contributed by atoms with Crippen LogP contribution in [0.4, 0.5) is 11.5 Å². The second-order valence-corrected chi connectivity index (χ2v) is 7.82. The Morgan fingerprint density at radius 3 is 2.67 bits per heavy atom. The van der Waals surface area contributed by atoms with E-state index in [4.69, 9.17) is 4.98 Å². The predicted molar refractivity (Wildman–Crippen MR) is 118 cm³/mol. The lowest BCUT2D eigenvalue weighted by atomic mass is 9.96. The minimum Gasteiger partial charge on any atom is -0.507 e. The number of rotatable bonds is 5. The van der Waals surface area contributed by atoms with E-state index in [1.165, 1.54) is 24.4 Å². The molecule has 0 radical (unpaired) electrons. The molecule has 0 saturated heterocycles. The number of halogens is 1. The van der Waals surface area contributed by atoms with Gasteiger partial charge in [0.2, 0.25) is 0 Å². The zero-order valence-corrected chi connectivity index (χ0v) is 17.5. The average molecular weight is 468 g/mol. The van der Waals surface area contributed by atoms with Crippen LogP contribution >= 0.6 is 15.9 Å². The molecule has 0 bridgehead atoms. The van der Waals surface area contributed by atoms with Crippen LogP contribution in [0.1, 0.15) is 29.7 Å². The molecule has 8 nitrogen and oxygen atoms in total. The first-order valence-corrected chi connectivity index (χ1v) is 10.2. The first-order valence-electron chi connectivity index (χ1n) is 9.43. The van der Waals surface area contributed by atoms with E-state index in [9.17, 15) is 15.2 Å². The third-order valence-corrected chi connectivity index (χ3v) is 5.41. The first-order chi connectivity index (χ1) is 14.5. The number of nitrogens with one attached hydrogen (secondary N) is 1. The number of nitro benzene ring substituents is 1. The van der Waals surface area contributed by atoms with Gasteiger partial charge in [-0.15, -0.1) is 0 Å². The van der Waals surface area contributed by atoms with Crippen molar-refractivity contribution >= 4 is 33.6 Å². The largest absolute Gasteiger partial charge is 0.507 e. The lowest BCUT2D eigenvalue weighted by molar-refractivity contribution is -0.384. The van der Waals surface area contributed by atoms with Gasteiger partial charge in [0, 0.05) is 39.0 Å². The maximum Gasteiger partial charge on any atom is 0.270 e. The van der Waals surface area contributed by atoms with Gasteiger partial charge in [0.1, 0.15) is 5.75 Å². The van der Waals surface area contributed by atoms with Crippen molar-refractivity contribution in [3.05, 3.63) is 73.9 Å². The van der Waals surface area contributed by atoms with Crippen LogP contribution in [0, 0.1) is 10.1 Å². The molecule has 1 aliphatic rings. The Morgan fingerprint density at radius 1 is 1.13 bits per heavy atom. The molecule has 3 aromatic rings. The minimum absolute atomic E-state index is 0.0913. The SMILES string of the molecule is O=[N+]([O-])c1ccc(O)c(/C=N\Nc2nc(-c3ccc(Br)cc3)nc3c2CCCC3)c1. The van der Waals surface area contributed by atoms with E-state index in [0.717, 1.165) is 47.0 Å². The number of aromatic hydroxyl groups is 1. The van der Waals surface area contributed by atoms with Crippen LogP contribution in [0.25, 0.3) is 11.4 Å². The summed E-state index contributed by atoms with van der Waals surface area (Å²) in [7, 11) is 0. The van der Waals surface area contributed by atoms with Gasteiger partial charge in [-0.25, -0.2) is 9.97 Å². The molecule has 1 aliphatic carbocycles. The van der Waals surface area contributed by atoms with Crippen molar-refractivity contribution in [2.45, 2.75) is 25.7 Å². The molecule has 1 heterocycles. The summed E-state index contributed by atoms with van der Waals surface area (Å²) in [4.78, 5) is 19.9. The smallest absolute Gasteiger partial charge is 0.270 e. The summed E-state index contributed by atoms with van der Waals surface area (Å²) in [5.41, 5.74) is 6.00. The van der Waals surface area contributed by atoms with Crippen LogP contribution in [-0.4, -0.2) is 26.2 Å². The Bertz CT molecular complexity index is 1130. The number of non-ortho nitro benzene ring substituents is 1. The second kappa shape index (κ2) is 8.58. The van der Waals surface area contributed by atoms with Crippen LogP contribution in [0.3, 0.4) is 0 Å². The molecule has 2 N–H and O–H groups in total. The Kier molecular flexibility index (Phi) is 5.71. The fourth-order valence-electron chi connectivity index (χ4n) is 3.34. The Labute approximate surface area is 181 Å². The predicted octanol–water partition coefficient (Wildman–Crippen LogP) is 4.84. The number of nitro groups is 1. The lowest BCUT2D eigenvalue weighted by Crippen LogP contribution is -2.12. The van der Waals surface area contributed by atoms with Crippen molar-refractivity contribution in [2.24, 2.45) is 5.10 Å². The summed E-state index contributed by atoms with van der Waals surface area (Å²) in [5, 5.41) is 25.1. The molecule has 4 rings (SSSR count). The fourth-order valence-corrected chi connectivity index (χ4v) is 3.60. The number of benzene rings is 2. The molecular formula is C21H18BrN5O3. The van der Waals surface area contributed by atoms with Crippen molar-refractivity contribution in [1.29, 1.82) is 0 Å². The Hall–Kier alpha value is -3.33. The van der Waals surface area contributed by atoms with Crippen molar-refractivity contribution in [1.82, 2.24) is 9.97 Å². The average Bonchev–Trinajstić information content (AvgIpc) is 2.75. The monoisotopic (exact) mass is 467 g/mol. The van der Waals surface area contributed by atoms with Gasteiger partial charge >= 0.3 is 0 Å². The van der Waals surface area contributed by atoms with E-state index in [1.54, 1.807) is 0 Å². The van der Waals surface area contributed by atoms with E-state index >= 15 is 0 Å². The van der Waals surface area contributed by atoms with Crippen molar-refractivity contribution < 1.29 is 10.0 Å². The van der Waals surface area contributed by atoms with Gasteiger partial charge in [0.15, 0.2) is 11.6 Å². The van der Waals surface area contributed by atoms with E-state index in [-0.39, 0.29) is 17.0 Å². The van der Waals surface area contributed by atoms with Gasteiger partial charge in [-0.2, -0.15) is 5.10 Å². The number of anilines is 1. The zero-order valence-electron chi connectivity index (χ0n) is 15.9.